The Balaban J connectivity index is 2.06. The van der Waals surface area contributed by atoms with Gasteiger partial charge in [-0.1, -0.05) is 0 Å². The van der Waals surface area contributed by atoms with Crippen molar-refractivity contribution in [1.29, 1.82) is 0 Å². The first-order valence-electron chi connectivity index (χ1n) is 7.86. The number of amides is 1. The van der Waals surface area contributed by atoms with Gasteiger partial charge in [-0.15, -0.1) is 0 Å². The molecule has 0 spiro atoms. The summed E-state index contributed by atoms with van der Waals surface area (Å²) in [5.74, 6) is -0.986. The summed E-state index contributed by atoms with van der Waals surface area (Å²) in [5.41, 5.74) is -0.584. The number of benzene rings is 2. The van der Waals surface area contributed by atoms with Crippen LogP contribution in [0, 0.1) is 5.82 Å². The highest BCUT2D eigenvalue weighted by atomic mass is 19.1. The van der Waals surface area contributed by atoms with Crippen LogP contribution in [-0.4, -0.2) is 36.2 Å². The Kier molecular flexibility index (Phi) is 5.82. The van der Waals surface area contributed by atoms with Gasteiger partial charge in [0.15, 0.2) is 12.2 Å². The smallest absolute Gasteiger partial charge is 0.341 e. The van der Waals surface area contributed by atoms with E-state index in [1.54, 1.807) is 45.2 Å². The summed E-state index contributed by atoms with van der Waals surface area (Å²) < 4.78 is 23.7. The zero-order valence-corrected chi connectivity index (χ0v) is 14.7. The number of nitrogens with zero attached hydrogens (tertiary/aromatic N) is 1. The number of carboxylic acids is 1. The fourth-order valence-electron chi connectivity index (χ4n) is 2.27. The van der Waals surface area contributed by atoms with Crippen LogP contribution >= 0.6 is 0 Å². The fourth-order valence-corrected chi connectivity index (χ4v) is 2.27. The van der Waals surface area contributed by atoms with Gasteiger partial charge in [-0.25, -0.2) is 9.18 Å². The number of carbonyl (C=O) groups excluding carboxylic acids is 1. The van der Waals surface area contributed by atoms with Crippen molar-refractivity contribution < 1.29 is 28.6 Å². The second-order valence-electron chi connectivity index (χ2n) is 6.11. The van der Waals surface area contributed by atoms with E-state index >= 15 is 0 Å². The molecule has 0 saturated heterocycles. The van der Waals surface area contributed by atoms with E-state index in [-0.39, 0.29) is 11.7 Å². The zero-order chi connectivity index (χ0) is 19.3. The summed E-state index contributed by atoms with van der Waals surface area (Å²) in [6, 6.07) is 11.9. The van der Waals surface area contributed by atoms with E-state index in [0.29, 0.717) is 17.2 Å². The van der Waals surface area contributed by atoms with Gasteiger partial charge >= 0.3 is 5.97 Å². The number of halogens is 1. The summed E-state index contributed by atoms with van der Waals surface area (Å²) in [7, 11) is 1.60. The maximum Gasteiger partial charge on any atom is 0.341 e. The van der Waals surface area contributed by atoms with Crippen molar-refractivity contribution in [2.24, 2.45) is 0 Å². The molecule has 0 heterocycles. The SMILES string of the molecule is CN(C(=O)C(C)(C)Oc1ccc(F)cc1)c1ccc(OCC(=O)O)cc1. The normalized spacial score (nSPS) is 10.9. The lowest BCUT2D eigenvalue weighted by molar-refractivity contribution is -0.139. The lowest BCUT2D eigenvalue weighted by atomic mass is 10.1. The van der Waals surface area contributed by atoms with Crippen LogP contribution in [0.25, 0.3) is 0 Å². The van der Waals surface area contributed by atoms with E-state index in [0.717, 1.165) is 0 Å². The minimum atomic E-state index is -1.18. The molecule has 6 nitrogen and oxygen atoms in total. The molecule has 1 N–H and O–H groups in total. The zero-order valence-electron chi connectivity index (χ0n) is 14.7. The average Bonchev–Trinajstić information content (AvgIpc) is 2.61. The molecule has 2 rings (SSSR count). The van der Waals surface area contributed by atoms with E-state index in [9.17, 15) is 14.0 Å². The van der Waals surface area contributed by atoms with Crippen LogP contribution in [0.1, 0.15) is 13.8 Å². The van der Waals surface area contributed by atoms with Crippen LogP contribution < -0.4 is 14.4 Å². The van der Waals surface area contributed by atoms with E-state index < -0.39 is 18.2 Å². The van der Waals surface area contributed by atoms with Gasteiger partial charge in [0.05, 0.1) is 0 Å². The first-order chi connectivity index (χ1) is 12.2. The third-order valence-electron chi connectivity index (χ3n) is 3.59. The molecule has 26 heavy (non-hydrogen) atoms. The molecular weight excluding hydrogens is 341 g/mol. The Labute approximate surface area is 150 Å². The summed E-state index contributed by atoms with van der Waals surface area (Å²) in [5, 5.41) is 8.60. The van der Waals surface area contributed by atoms with Gasteiger partial charge in [0.1, 0.15) is 17.3 Å². The number of hydrogen-bond donors (Lipinski definition) is 1. The molecule has 0 radical (unpaired) electrons. The number of anilines is 1. The van der Waals surface area contributed by atoms with E-state index in [1.807, 2.05) is 0 Å². The molecule has 0 fully saturated rings. The van der Waals surface area contributed by atoms with E-state index in [1.165, 1.54) is 29.2 Å². The van der Waals surface area contributed by atoms with Gasteiger partial charge in [-0.3, -0.25) is 4.79 Å². The van der Waals surface area contributed by atoms with Gasteiger partial charge < -0.3 is 19.5 Å². The van der Waals surface area contributed by atoms with Crippen LogP contribution in [-0.2, 0) is 9.59 Å². The van der Waals surface area contributed by atoms with E-state index in [4.69, 9.17) is 14.6 Å². The summed E-state index contributed by atoms with van der Waals surface area (Å²) >= 11 is 0. The Morgan fingerprint density at radius 1 is 1.04 bits per heavy atom. The summed E-state index contributed by atoms with van der Waals surface area (Å²) in [6.07, 6.45) is 0. The molecular formula is C19H20FNO5. The van der Waals surface area contributed by atoms with Crippen molar-refractivity contribution in [3.63, 3.8) is 0 Å². The van der Waals surface area contributed by atoms with Gasteiger partial charge in [0, 0.05) is 12.7 Å². The maximum absolute atomic E-state index is 13.0. The number of hydrogen-bond acceptors (Lipinski definition) is 4. The highest BCUT2D eigenvalue weighted by molar-refractivity contribution is 5.98. The Morgan fingerprint density at radius 3 is 2.12 bits per heavy atom. The molecule has 138 valence electrons. The minimum Gasteiger partial charge on any atom is -0.482 e. The predicted octanol–water partition coefficient (Wildman–Crippen LogP) is 3.11. The Hall–Kier alpha value is -3.09. The van der Waals surface area contributed by atoms with Gasteiger partial charge in [-0.2, -0.15) is 0 Å². The Morgan fingerprint density at radius 2 is 1.58 bits per heavy atom. The second-order valence-corrected chi connectivity index (χ2v) is 6.11. The minimum absolute atomic E-state index is 0.305. The van der Waals surface area contributed by atoms with Crippen molar-refractivity contribution >= 4 is 17.6 Å². The van der Waals surface area contributed by atoms with Crippen LogP contribution in [0.4, 0.5) is 10.1 Å². The average molecular weight is 361 g/mol. The molecule has 7 heteroatoms. The van der Waals surface area contributed by atoms with Crippen molar-refractivity contribution in [3.8, 4) is 11.5 Å². The molecule has 2 aromatic carbocycles. The quantitative estimate of drug-likeness (QED) is 0.820. The number of aliphatic carboxylic acids is 1. The van der Waals surface area contributed by atoms with Crippen LogP contribution in [0.2, 0.25) is 0 Å². The lowest BCUT2D eigenvalue weighted by Crippen LogP contribution is -2.47. The number of likely N-dealkylation sites (N-methyl/N-ethyl adjacent to an activating group) is 1. The first-order valence-corrected chi connectivity index (χ1v) is 7.86. The third-order valence-corrected chi connectivity index (χ3v) is 3.59. The van der Waals surface area contributed by atoms with Crippen molar-refractivity contribution in [3.05, 3.63) is 54.3 Å². The molecule has 0 unspecified atom stereocenters. The number of ether oxygens (including phenoxy) is 2. The number of carboxylic acid groups (broad SMARTS) is 1. The molecule has 0 aliphatic heterocycles. The molecule has 0 atom stereocenters. The van der Waals surface area contributed by atoms with Crippen LogP contribution in [0.15, 0.2) is 48.5 Å². The topological polar surface area (TPSA) is 76.1 Å². The lowest BCUT2D eigenvalue weighted by Gasteiger charge is -2.30. The molecule has 0 aliphatic rings. The molecule has 0 aromatic heterocycles. The highest BCUT2D eigenvalue weighted by Crippen LogP contribution is 2.24. The highest BCUT2D eigenvalue weighted by Gasteiger charge is 2.33. The van der Waals surface area contributed by atoms with Crippen LogP contribution in [0.5, 0.6) is 11.5 Å². The van der Waals surface area contributed by atoms with Crippen LogP contribution in [0.3, 0.4) is 0 Å². The second kappa shape index (κ2) is 7.86. The molecule has 0 saturated carbocycles. The summed E-state index contributed by atoms with van der Waals surface area (Å²) in [4.78, 5) is 24.7. The summed E-state index contributed by atoms with van der Waals surface area (Å²) in [6.45, 7) is 2.81. The first kappa shape index (κ1) is 19.2. The fraction of sp³-hybridized carbons (Fsp3) is 0.263. The van der Waals surface area contributed by atoms with E-state index in [2.05, 4.69) is 0 Å². The molecule has 0 aliphatic carbocycles. The molecule has 2 aromatic rings. The van der Waals surface area contributed by atoms with Crippen molar-refractivity contribution in [1.82, 2.24) is 0 Å². The van der Waals surface area contributed by atoms with Crippen molar-refractivity contribution in [2.45, 2.75) is 19.4 Å². The number of rotatable bonds is 7. The molecule has 0 bridgehead atoms. The van der Waals surface area contributed by atoms with Gasteiger partial charge in [0.2, 0.25) is 0 Å². The molecule has 1 amide bonds. The van der Waals surface area contributed by atoms with Crippen molar-refractivity contribution in [2.75, 3.05) is 18.6 Å². The maximum atomic E-state index is 13.0. The third kappa shape index (κ3) is 4.95. The number of carbonyl (C=O) groups is 2. The Bertz CT molecular complexity index is 772. The van der Waals surface area contributed by atoms with Gasteiger partial charge in [-0.05, 0) is 62.4 Å². The predicted molar refractivity (Wildman–Crippen MR) is 94.1 cm³/mol. The largest absolute Gasteiger partial charge is 0.482 e. The monoisotopic (exact) mass is 361 g/mol. The standard InChI is InChI=1S/C19H20FNO5/c1-19(2,26-16-8-4-13(20)5-9-16)18(24)21(3)14-6-10-15(11-7-14)25-12-17(22)23/h4-11H,12H2,1-3H3,(H,22,23). The van der Waals surface area contributed by atoms with Gasteiger partial charge in [0.25, 0.3) is 5.91 Å².